The van der Waals surface area contributed by atoms with E-state index in [2.05, 4.69) is 37.4 Å². The monoisotopic (exact) mass is 550 g/mol. The van der Waals surface area contributed by atoms with Gasteiger partial charge in [-0.2, -0.15) is 0 Å². The number of nitrogens with zero attached hydrogens (tertiary/aromatic N) is 3. The van der Waals surface area contributed by atoms with Crippen LogP contribution in [0.2, 0.25) is 0 Å². The van der Waals surface area contributed by atoms with Crippen LogP contribution >= 0.6 is 27.7 Å². The molecule has 0 unspecified atom stereocenters. The number of hydrogen-bond acceptors (Lipinski definition) is 7. The summed E-state index contributed by atoms with van der Waals surface area (Å²) in [7, 11) is -3.69. The van der Waals surface area contributed by atoms with E-state index < -0.39 is 10.0 Å². The first-order valence-corrected chi connectivity index (χ1v) is 13.3. The molecule has 8 nitrogen and oxygen atoms in total. The minimum absolute atomic E-state index is 0.00592. The van der Waals surface area contributed by atoms with Crippen LogP contribution in [0.25, 0.3) is 0 Å². The SMILES string of the molecule is C=CCn1c(CNS(=O)(=O)c2ccc(Br)cc2)nnc1SCc1ccc(C(=O)OCC)cc1. The summed E-state index contributed by atoms with van der Waals surface area (Å²) in [5, 5.41) is 9.02. The van der Waals surface area contributed by atoms with Crippen molar-refractivity contribution >= 4 is 43.7 Å². The summed E-state index contributed by atoms with van der Waals surface area (Å²) in [4.78, 5) is 12.0. The van der Waals surface area contributed by atoms with E-state index in [1.807, 2.05) is 16.7 Å². The molecule has 0 saturated heterocycles. The van der Waals surface area contributed by atoms with Gasteiger partial charge in [-0.15, -0.1) is 16.8 Å². The minimum Gasteiger partial charge on any atom is -0.462 e. The van der Waals surface area contributed by atoms with Crippen LogP contribution in [0.4, 0.5) is 0 Å². The molecule has 174 valence electrons. The number of ether oxygens (including phenoxy) is 1. The first-order chi connectivity index (χ1) is 15.8. The van der Waals surface area contributed by atoms with Crippen LogP contribution in [0.15, 0.2) is 75.7 Å². The van der Waals surface area contributed by atoms with Crippen molar-refractivity contribution in [2.45, 2.75) is 35.8 Å². The summed E-state index contributed by atoms with van der Waals surface area (Å²) in [6, 6.07) is 13.6. The fraction of sp³-hybridized carbons (Fsp3) is 0.227. The number of hydrogen-bond donors (Lipinski definition) is 1. The molecule has 1 aromatic heterocycles. The van der Waals surface area contributed by atoms with Crippen LogP contribution in [0.5, 0.6) is 0 Å². The highest BCUT2D eigenvalue weighted by atomic mass is 79.9. The van der Waals surface area contributed by atoms with Crippen molar-refractivity contribution in [2.75, 3.05) is 6.61 Å². The molecule has 0 aliphatic rings. The lowest BCUT2D eigenvalue weighted by atomic mass is 10.1. The van der Waals surface area contributed by atoms with Gasteiger partial charge < -0.3 is 9.30 Å². The van der Waals surface area contributed by atoms with Crippen molar-refractivity contribution in [2.24, 2.45) is 0 Å². The Morgan fingerprint density at radius 2 is 1.88 bits per heavy atom. The summed E-state index contributed by atoms with van der Waals surface area (Å²) in [5.41, 5.74) is 1.50. The number of nitrogens with one attached hydrogen (secondary N) is 1. The van der Waals surface area contributed by atoms with E-state index in [9.17, 15) is 13.2 Å². The second-order valence-electron chi connectivity index (χ2n) is 6.78. The van der Waals surface area contributed by atoms with E-state index in [4.69, 9.17) is 4.74 Å². The number of carbonyl (C=O) groups is 1. The Morgan fingerprint density at radius 3 is 2.52 bits per heavy atom. The highest BCUT2D eigenvalue weighted by molar-refractivity contribution is 9.10. The number of thioether (sulfide) groups is 1. The zero-order valence-corrected chi connectivity index (χ0v) is 21.1. The zero-order chi connectivity index (χ0) is 23.8. The van der Waals surface area contributed by atoms with Gasteiger partial charge in [-0.05, 0) is 48.9 Å². The zero-order valence-electron chi connectivity index (χ0n) is 17.9. The molecule has 1 N–H and O–H groups in total. The largest absolute Gasteiger partial charge is 0.462 e. The number of esters is 1. The second-order valence-corrected chi connectivity index (χ2v) is 10.4. The first-order valence-electron chi connectivity index (χ1n) is 10.0. The summed E-state index contributed by atoms with van der Waals surface area (Å²) in [6.45, 7) is 6.30. The molecule has 11 heteroatoms. The van der Waals surface area contributed by atoms with Crippen molar-refractivity contribution in [3.05, 3.63) is 82.6 Å². The van der Waals surface area contributed by atoms with Gasteiger partial charge in [-0.25, -0.2) is 17.9 Å². The Bertz CT molecular complexity index is 1210. The van der Waals surface area contributed by atoms with Crippen LogP contribution < -0.4 is 4.72 Å². The summed E-state index contributed by atoms with van der Waals surface area (Å²) >= 11 is 4.76. The van der Waals surface area contributed by atoms with Gasteiger partial charge in [0, 0.05) is 16.8 Å². The fourth-order valence-corrected chi connectivity index (χ4v) is 4.99. The quantitative estimate of drug-likeness (QED) is 0.217. The van der Waals surface area contributed by atoms with Crippen molar-refractivity contribution in [1.29, 1.82) is 0 Å². The lowest BCUT2D eigenvalue weighted by Crippen LogP contribution is -2.25. The van der Waals surface area contributed by atoms with Crippen LogP contribution in [0, 0.1) is 0 Å². The van der Waals surface area contributed by atoms with Crippen LogP contribution in [-0.2, 0) is 33.6 Å². The van der Waals surface area contributed by atoms with E-state index in [0.717, 1.165) is 10.0 Å². The highest BCUT2D eigenvalue weighted by Crippen LogP contribution is 2.23. The van der Waals surface area contributed by atoms with Gasteiger partial charge >= 0.3 is 5.97 Å². The first kappa shape index (κ1) is 25.2. The van der Waals surface area contributed by atoms with Gasteiger partial charge in [0.15, 0.2) is 5.16 Å². The topological polar surface area (TPSA) is 103 Å². The molecule has 3 aromatic rings. The molecule has 0 fully saturated rings. The van der Waals surface area contributed by atoms with Crippen LogP contribution in [0.1, 0.15) is 28.7 Å². The molecule has 0 bridgehead atoms. The molecule has 0 atom stereocenters. The lowest BCUT2D eigenvalue weighted by Gasteiger charge is -2.10. The molecule has 0 spiro atoms. The number of rotatable bonds is 11. The number of halogens is 1. The van der Waals surface area contributed by atoms with E-state index in [1.165, 1.54) is 23.9 Å². The number of allylic oxidation sites excluding steroid dienone is 1. The Kier molecular flexibility index (Phi) is 8.84. The molecule has 0 saturated carbocycles. The third-order valence-corrected chi connectivity index (χ3v) is 7.47. The minimum atomic E-state index is -3.69. The van der Waals surface area contributed by atoms with E-state index >= 15 is 0 Å². The third-order valence-electron chi connectivity index (χ3n) is 4.48. The Morgan fingerprint density at radius 1 is 1.18 bits per heavy atom. The second kappa shape index (κ2) is 11.6. The maximum Gasteiger partial charge on any atom is 0.338 e. The highest BCUT2D eigenvalue weighted by Gasteiger charge is 2.17. The normalized spacial score (nSPS) is 11.3. The standard InChI is InChI=1S/C22H23BrN4O4S2/c1-3-13-27-20(14-24-33(29,30)19-11-9-18(23)10-12-19)25-26-22(27)32-15-16-5-7-17(8-6-16)21(28)31-4-2/h3,5-12,24H,1,4,13-15H2,2H3. The van der Waals surface area contributed by atoms with Gasteiger partial charge in [-0.1, -0.05) is 45.9 Å². The van der Waals surface area contributed by atoms with Gasteiger partial charge in [0.25, 0.3) is 0 Å². The molecule has 33 heavy (non-hydrogen) atoms. The molecule has 2 aromatic carbocycles. The van der Waals surface area contributed by atoms with Crippen LogP contribution in [0.3, 0.4) is 0 Å². The maximum atomic E-state index is 12.6. The Balaban J connectivity index is 1.67. The third kappa shape index (κ3) is 6.76. The van der Waals surface area contributed by atoms with Gasteiger partial charge in [0.1, 0.15) is 5.82 Å². The maximum absolute atomic E-state index is 12.6. The van der Waals surface area contributed by atoms with Crippen LogP contribution in [-0.4, -0.2) is 35.8 Å². The Labute approximate surface area is 205 Å². The molecular formula is C22H23BrN4O4S2. The molecule has 0 amide bonds. The molecule has 3 rings (SSSR count). The summed E-state index contributed by atoms with van der Waals surface area (Å²) in [5.74, 6) is 0.733. The Hall–Kier alpha value is -2.47. The average molecular weight is 551 g/mol. The summed E-state index contributed by atoms with van der Waals surface area (Å²) < 4.78 is 35.3. The summed E-state index contributed by atoms with van der Waals surface area (Å²) in [6.07, 6.45) is 1.70. The van der Waals surface area contributed by atoms with Crippen molar-refractivity contribution in [1.82, 2.24) is 19.5 Å². The number of benzene rings is 2. The molecule has 0 aliphatic carbocycles. The average Bonchev–Trinajstić information content (AvgIpc) is 3.19. The van der Waals surface area contributed by atoms with Gasteiger partial charge in [-0.3, -0.25) is 0 Å². The van der Waals surface area contributed by atoms with E-state index in [0.29, 0.717) is 35.4 Å². The van der Waals surface area contributed by atoms with Gasteiger partial charge in [0.05, 0.1) is 23.6 Å². The van der Waals surface area contributed by atoms with Crippen molar-refractivity contribution in [3.8, 4) is 0 Å². The molecule has 0 radical (unpaired) electrons. The fourth-order valence-electron chi connectivity index (χ4n) is 2.83. The molecule has 1 heterocycles. The van der Waals surface area contributed by atoms with E-state index in [1.54, 1.807) is 37.3 Å². The molecular weight excluding hydrogens is 528 g/mol. The number of aromatic nitrogens is 3. The number of carbonyl (C=O) groups excluding carboxylic acids is 1. The predicted molar refractivity (Wildman–Crippen MR) is 130 cm³/mol. The molecule has 0 aliphatic heterocycles. The van der Waals surface area contributed by atoms with Gasteiger partial charge in [0.2, 0.25) is 10.0 Å². The van der Waals surface area contributed by atoms with Crippen molar-refractivity contribution in [3.63, 3.8) is 0 Å². The smallest absolute Gasteiger partial charge is 0.338 e. The van der Waals surface area contributed by atoms with Crippen molar-refractivity contribution < 1.29 is 17.9 Å². The number of sulfonamides is 1. The predicted octanol–water partition coefficient (Wildman–Crippen LogP) is 4.17. The lowest BCUT2D eigenvalue weighted by molar-refractivity contribution is 0.0526. The van der Waals surface area contributed by atoms with E-state index in [-0.39, 0.29) is 17.4 Å².